The molecule has 1 heterocycles. The van der Waals surface area contributed by atoms with Gasteiger partial charge >= 0.3 is 0 Å². The van der Waals surface area contributed by atoms with E-state index >= 15 is 0 Å². The van der Waals surface area contributed by atoms with Crippen molar-refractivity contribution in [2.75, 3.05) is 0 Å². The van der Waals surface area contributed by atoms with E-state index < -0.39 is 0 Å². The molecule has 1 rings (SSSR count). The number of aromatic nitrogens is 1. The highest BCUT2D eigenvalue weighted by Crippen LogP contribution is 2.09. The Morgan fingerprint density at radius 3 is 2.90 bits per heavy atom. The molecule has 0 N–H and O–H groups in total. The van der Waals surface area contributed by atoms with Crippen LogP contribution in [0, 0.1) is 0 Å². The van der Waals surface area contributed by atoms with E-state index in [1.807, 2.05) is 12.1 Å². The van der Waals surface area contributed by atoms with Gasteiger partial charge in [0.1, 0.15) is 0 Å². The first kappa shape index (κ1) is 6.68. The van der Waals surface area contributed by atoms with Gasteiger partial charge in [0, 0.05) is 18.0 Å². The molecule has 2 heteroatoms. The van der Waals surface area contributed by atoms with Crippen molar-refractivity contribution in [1.29, 1.82) is 0 Å². The average molecular weight is 132 g/mol. The summed E-state index contributed by atoms with van der Waals surface area (Å²) in [6.07, 6.45) is 3.41. The first-order valence-electron chi connectivity index (χ1n) is 2.90. The van der Waals surface area contributed by atoms with Gasteiger partial charge in [-0.3, -0.25) is 9.98 Å². The van der Waals surface area contributed by atoms with Gasteiger partial charge in [-0.25, -0.2) is 0 Å². The van der Waals surface area contributed by atoms with Crippen LogP contribution in [0.15, 0.2) is 36.1 Å². The van der Waals surface area contributed by atoms with E-state index in [2.05, 4.69) is 23.3 Å². The second kappa shape index (κ2) is 2.92. The van der Waals surface area contributed by atoms with Crippen molar-refractivity contribution in [3.8, 4) is 0 Å². The lowest BCUT2D eigenvalue weighted by Crippen LogP contribution is -1.78. The summed E-state index contributed by atoms with van der Waals surface area (Å²) in [5.41, 5.74) is 1.57. The van der Waals surface area contributed by atoms with Crippen molar-refractivity contribution in [2.45, 2.75) is 0 Å². The summed E-state index contributed by atoms with van der Waals surface area (Å²) in [6.45, 7) is 7.03. The van der Waals surface area contributed by atoms with E-state index in [4.69, 9.17) is 0 Å². The minimum atomic E-state index is 0.660. The van der Waals surface area contributed by atoms with E-state index in [1.54, 1.807) is 12.4 Å². The van der Waals surface area contributed by atoms with Crippen molar-refractivity contribution in [1.82, 2.24) is 4.98 Å². The maximum absolute atomic E-state index is 3.91. The molecule has 0 fully saturated rings. The van der Waals surface area contributed by atoms with Gasteiger partial charge < -0.3 is 0 Å². The molecule has 0 amide bonds. The lowest BCUT2D eigenvalue weighted by atomic mass is 10.2. The van der Waals surface area contributed by atoms with Gasteiger partial charge in [-0.15, -0.1) is 0 Å². The van der Waals surface area contributed by atoms with Gasteiger partial charge in [0.2, 0.25) is 0 Å². The van der Waals surface area contributed by atoms with Gasteiger partial charge in [0.15, 0.2) is 0 Å². The third-order valence-electron chi connectivity index (χ3n) is 1.19. The first-order valence-corrected chi connectivity index (χ1v) is 2.90. The molecule has 0 spiro atoms. The Kier molecular flexibility index (Phi) is 1.95. The van der Waals surface area contributed by atoms with Crippen LogP contribution in [-0.2, 0) is 0 Å². The van der Waals surface area contributed by atoms with Gasteiger partial charge in [-0.05, 0) is 18.9 Å². The Labute approximate surface area is 60.0 Å². The lowest BCUT2D eigenvalue weighted by Gasteiger charge is -1.94. The summed E-state index contributed by atoms with van der Waals surface area (Å²) in [6, 6.07) is 3.73. The molecule has 0 saturated heterocycles. The Bertz CT molecular complexity index is 239. The zero-order chi connectivity index (χ0) is 7.40. The molecule has 0 aliphatic carbocycles. The van der Waals surface area contributed by atoms with E-state index in [-0.39, 0.29) is 0 Å². The molecule has 1 aromatic heterocycles. The Morgan fingerprint density at radius 2 is 2.40 bits per heavy atom. The monoisotopic (exact) mass is 132 g/mol. The highest BCUT2D eigenvalue weighted by atomic mass is 14.7. The van der Waals surface area contributed by atoms with Gasteiger partial charge in [-0.1, -0.05) is 6.58 Å². The van der Waals surface area contributed by atoms with Crippen molar-refractivity contribution in [3.63, 3.8) is 0 Å². The number of aliphatic imine (C=N–C) groups is 1. The van der Waals surface area contributed by atoms with E-state index in [0.717, 1.165) is 5.56 Å². The van der Waals surface area contributed by atoms with Gasteiger partial charge in [-0.2, -0.15) is 0 Å². The molecular formula is C8H8N2. The van der Waals surface area contributed by atoms with Crippen molar-refractivity contribution in [2.24, 2.45) is 4.99 Å². The predicted molar refractivity (Wildman–Crippen MR) is 42.8 cm³/mol. The lowest BCUT2D eigenvalue weighted by molar-refractivity contribution is 1.30. The maximum atomic E-state index is 3.91. The maximum Gasteiger partial charge on any atom is 0.0638 e. The summed E-state index contributed by atoms with van der Waals surface area (Å²) in [7, 11) is 0. The zero-order valence-corrected chi connectivity index (χ0v) is 5.62. The van der Waals surface area contributed by atoms with Crippen LogP contribution in [0.25, 0.3) is 5.70 Å². The molecule has 50 valence electrons. The highest BCUT2D eigenvalue weighted by molar-refractivity contribution is 5.64. The topological polar surface area (TPSA) is 25.2 Å². The molecule has 0 saturated carbocycles. The van der Waals surface area contributed by atoms with Crippen molar-refractivity contribution >= 4 is 12.4 Å². The largest absolute Gasteiger partial charge is 0.265 e. The zero-order valence-electron chi connectivity index (χ0n) is 5.62. The molecule has 0 aliphatic rings. The third-order valence-corrected chi connectivity index (χ3v) is 1.19. The van der Waals surface area contributed by atoms with Crippen LogP contribution in [-0.4, -0.2) is 11.7 Å². The number of nitrogens with zero attached hydrogens (tertiary/aromatic N) is 2. The third kappa shape index (κ3) is 1.29. The number of hydrogen-bond donors (Lipinski definition) is 0. The summed E-state index contributed by atoms with van der Waals surface area (Å²) in [4.78, 5) is 7.58. The summed E-state index contributed by atoms with van der Waals surface area (Å²) in [5.74, 6) is 0. The molecule has 0 aliphatic heterocycles. The number of rotatable bonds is 2. The smallest absolute Gasteiger partial charge is 0.0638 e. The molecule has 0 radical (unpaired) electrons. The quantitative estimate of drug-likeness (QED) is 0.563. The van der Waals surface area contributed by atoms with Crippen molar-refractivity contribution < 1.29 is 0 Å². The van der Waals surface area contributed by atoms with E-state index in [9.17, 15) is 0 Å². The molecule has 0 aromatic carbocycles. The van der Waals surface area contributed by atoms with Crippen LogP contribution >= 0.6 is 0 Å². The number of pyridine rings is 1. The average Bonchev–Trinajstić information content (AvgIpc) is 2.05. The predicted octanol–water partition coefficient (Wildman–Crippen LogP) is 1.75. The summed E-state index contributed by atoms with van der Waals surface area (Å²) in [5, 5.41) is 0. The van der Waals surface area contributed by atoms with Crippen LogP contribution in [0.3, 0.4) is 0 Å². The fourth-order valence-electron chi connectivity index (χ4n) is 0.625. The fourth-order valence-corrected chi connectivity index (χ4v) is 0.625. The second-order valence-corrected chi connectivity index (χ2v) is 1.85. The van der Waals surface area contributed by atoms with Gasteiger partial charge in [0.05, 0.1) is 5.70 Å². The SMILES string of the molecule is C=NC(=C)c1cccnc1. The second-order valence-electron chi connectivity index (χ2n) is 1.85. The highest BCUT2D eigenvalue weighted by Gasteiger charge is 1.91. The van der Waals surface area contributed by atoms with Crippen LogP contribution in [0.4, 0.5) is 0 Å². The molecule has 0 bridgehead atoms. The van der Waals surface area contributed by atoms with Crippen LogP contribution < -0.4 is 0 Å². The minimum absolute atomic E-state index is 0.660. The normalized spacial score (nSPS) is 8.80. The van der Waals surface area contributed by atoms with Crippen LogP contribution in [0.1, 0.15) is 5.56 Å². The molecule has 0 atom stereocenters. The Hall–Kier alpha value is -1.44. The summed E-state index contributed by atoms with van der Waals surface area (Å²) < 4.78 is 0. The summed E-state index contributed by atoms with van der Waals surface area (Å²) >= 11 is 0. The number of hydrogen-bond acceptors (Lipinski definition) is 2. The molecule has 1 aromatic rings. The van der Waals surface area contributed by atoms with E-state index in [1.165, 1.54) is 0 Å². The molecule has 2 nitrogen and oxygen atoms in total. The first-order chi connectivity index (χ1) is 4.84. The molecule has 10 heavy (non-hydrogen) atoms. The van der Waals surface area contributed by atoms with Gasteiger partial charge in [0.25, 0.3) is 0 Å². The fraction of sp³-hybridized carbons (Fsp3) is 0. The van der Waals surface area contributed by atoms with Crippen molar-refractivity contribution in [3.05, 3.63) is 36.7 Å². The Morgan fingerprint density at radius 1 is 1.60 bits per heavy atom. The Balaban J connectivity index is 2.95. The minimum Gasteiger partial charge on any atom is -0.265 e. The molecule has 0 unspecified atom stereocenters. The van der Waals surface area contributed by atoms with Crippen LogP contribution in [0.2, 0.25) is 0 Å². The molecular weight excluding hydrogens is 124 g/mol. The van der Waals surface area contributed by atoms with E-state index in [0.29, 0.717) is 5.70 Å². The standard InChI is InChI=1S/C8H8N2/c1-7(9-2)8-4-3-5-10-6-8/h3-6H,1-2H2. The van der Waals surface area contributed by atoms with Crippen LogP contribution in [0.5, 0.6) is 0 Å².